The Bertz CT molecular complexity index is 317. The molecule has 88 valence electrons. The van der Waals surface area contributed by atoms with Crippen molar-refractivity contribution in [1.82, 2.24) is 10.2 Å². The van der Waals surface area contributed by atoms with E-state index in [0.29, 0.717) is 18.1 Å². The Kier molecular flexibility index (Phi) is 3.30. The molecule has 2 heterocycles. The highest BCUT2D eigenvalue weighted by Gasteiger charge is 2.42. The summed E-state index contributed by atoms with van der Waals surface area (Å²) >= 11 is 0. The second kappa shape index (κ2) is 4.37. The number of ether oxygens (including phenoxy) is 1. The minimum absolute atomic E-state index is 0.126. The summed E-state index contributed by atoms with van der Waals surface area (Å²) in [4.78, 5) is 2.23. The SMILES string of the molecule is COCCN1CCN[C@@H]2CS(=O)(=O)C[C@@H]21. The van der Waals surface area contributed by atoms with Crippen LogP contribution in [0.3, 0.4) is 0 Å². The van der Waals surface area contributed by atoms with Crippen molar-refractivity contribution >= 4 is 9.84 Å². The maximum Gasteiger partial charge on any atom is 0.153 e. The van der Waals surface area contributed by atoms with Crippen LogP contribution in [0.15, 0.2) is 0 Å². The fourth-order valence-electron chi connectivity index (χ4n) is 2.43. The Labute approximate surface area is 90.7 Å². The standard InChI is InChI=1S/C9H18N2O3S/c1-14-5-4-11-3-2-10-8-6-15(12,13)7-9(8)11/h8-10H,2-7H2,1H3/t8-,9+/m1/s1. The van der Waals surface area contributed by atoms with Crippen LogP contribution < -0.4 is 5.32 Å². The molecule has 0 aromatic heterocycles. The zero-order chi connectivity index (χ0) is 10.9. The van der Waals surface area contributed by atoms with Crippen molar-refractivity contribution in [2.75, 3.05) is 44.9 Å². The maximum atomic E-state index is 11.5. The first-order valence-electron chi connectivity index (χ1n) is 5.29. The normalized spacial score (nSPS) is 35.3. The lowest BCUT2D eigenvalue weighted by molar-refractivity contribution is 0.0981. The number of hydrogen-bond donors (Lipinski definition) is 1. The number of methoxy groups -OCH3 is 1. The van der Waals surface area contributed by atoms with E-state index >= 15 is 0 Å². The zero-order valence-corrected chi connectivity index (χ0v) is 9.79. The van der Waals surface area contributed by atoms with E-state index < -0.39 is 9.84 Å². The van der Waals surface area contributed by atoms with Crippen molar-refractivity contribution in [3.63, 3.8) is 0 Å². The molecule has 2 fully saturated rings. The predicted molar refractivity (Wildman–Crippen MR) is 57.7 cm³/mol. The van der Waals surface area contributed by atoms with Crippen molar-refractivity contribution in [3.05, 3.63) is 0 Å². The number of nitrogens with one attached hydrogen (secondary N) is 1. The van der Waals surface area contributed by atoms with E-state index in [1.807, 2.05) is 0 Å². The quantitative estimate of drug-likeness (QED) is 0.658. The predicted octanol–water partition coefficient (Wildman–Crippen LogP) is -1.30. The molecule has 2 aliphatic heterocycles. The van der Waals surface area contributed by atoms with Crippen LogP contribution in [-0.2, 0) is 14.6 Å². The summed E-state index contributed by atoms with van der Waals surface area (Å²) < 4.78 is 28.1. The number of sulfone groups is 1. The molecule has 1 N–H and O–H groups in total. The molecule has 0 unspecified atom stereocenters. The van der Waals surface area contributed by atoms with Crippen LogP contribution in [0.25, 0.3) is 0 Å². The molecular weight excluding hydrogens is 216 g/mol. The number of piperazine rings is 1. The van der Waals surface area contributed by atoms with Gasteiger partial charge in [0.05, 0.1) is 18.1 Å². The topological polar surface area (TPSA) is 58.6 Å². The fraction of sp³-hybridized carbons (Fsp3) is 1.00. The smallest absolute Gasteiger partial charge is 0.153 e. The van der Waals surface area contributed by atoms with Gasteiger partial charge in [-0.3, -0.25) is 4.90 Å². The molecule has 0 radical (unpaired) electrons. The highest BCUT2D eigenvalue weighted by atomic mass is 32.2. The van der Waals surface area contributed by atoms with Crippen LogP contribution in [0.1, 0.15) is 0 Å². The van der Waals surface area contributed by atoms with Crippen LogP contribution in [0.4, 0.5) is 0 Å². The van der Waals surface area contributed by atoms with E-state index in [9.17, 15) is 8.42 Å². The molecule has 2 aliphatic rings. The molecule has 0 spiro atoms. The van der Waals surface area contributed by atoms with Crippen LogP contribution in [0, 0.1) is 0 Å². The van der Waals surface area contributed by atoms with Crippen molar-refractivity contribution in [2.45, 2.75) is 12.1 Å². The zero-order valence-electron chi connectivity index (χ0n) is 8.98. The van der Waals surface area contributed by atoms with Gasteiger partial charge in [-0.1, -0.05) is 0 Å². The third-order valence-electron chi connectivity index (χ3n) is 3.18. The van der Waals surface area contributed by atoms with Crippen molar-refractivity contribution in [1.29, 1.82) is 0 Å². The summed E-state index contributed by atoms with van der Waals surface area (Å²) in [7, 11) is -1.16. The van der Waals surface area contributed by atoms with Crippen LogP contribution in [0.2, 0.25) is 0 Å². The van der Waals surface area contributed by atoms with Gasteiger partial charge in [-0.2, -0.15) is 0 Å². The lowest BCUT2D eigenvalue weighted by atomic mass is 10.1. The molecule has 0 bridgehead atoms. The molecule has 2 atom stereocenters. The van der Waals surface area contributed by atoms with Gasteiger partial charge < -0.3 is 10.1 Å². The van der Waals surface area contributed by atoms with Gasteiger partial charge in [-0.25, -0.2) is 8.42 Å². The summed E-state index contributed by atoms with van der Waals surface area (Å²) in [6, 6.07) is 0.277. The van der Waals surface area contributed by atoms with Crippen LogP contribution in [-0.4, -0.2) is 70.3 Å². The molecule has 2 rings (SSSR count). The molecule has 2 saturated heterocycles. The van der Waals surface area contributed by atoms with E-state index in [-0.39, 0.29) is 12.1 Å². The summed E-state index contributed by atoms with van der Waals surface area (Å²) in [5.41, 5.74) is 0. The number of rotatable bonds is 3. The van der Waals surface area contributed by atoms with Gasteiger partial charge >= 0.3 is 0 Å². The number of hydrogen-bond acceptors (Lipinski definition) is 5. The van der Waals surface area contributed by atoms with Crippen molar-refractivity contribution in [2.24, 2.45) is 0 Å². The third-order valence-corrected chi connectivity index (χ3v) is 4.90. The average molecular weight is 234 g/mol. The van der Waals surface area contributed by atoms with Gasteiger partial charge in [0.2, 0.25) is 0 Å². The molecule has 6 heteroatoms. The lowest BCUT2D eigenvalue weighted by Gasteiger charge is -2.37. The summed E-state index contributed by atoms with van der Waals surface area (Å²) in [5.74, 6) is 0.593. The number of nitrogens with zero attached hydrogens (tertiary/aromatic N) is 1. The molecule has 0 saturated carbocycles. The maximum absolute atomic E-state index is 11.5. The van der Waals surface area contributed by atoms with Gasteiger partial charge in [0.25, 0.3) is 0 Å². The van der Waals surface area contributed by atoms with E-state index in [2.05, 4.69) is 10.2 Å². The number of fused-ring (bicyclic) bond motifs is 1. The van der Waals surface area contributed by atoms with Gasteiger partial charge in [0.15, 0.2) is 9.84 Å². The molecule has 15 heavy (non-hydrogen) atoms. The van der Waals surface area contributed by atoms with Crippen LogP contribution in [0.5, 0.6) is 0 Å². The second-order valence-corrected chi connectivity index (χ2v) is 6.39. The summed E-state index contributed by atoms with van der Waals surface area (Å²) in [6.07, 6.45) is 0. The largest absolute Gasteiger partial charge is 0.383 e. The first-order chi connectivity index (χ1) is 7.12. The molecule has 0 aromatic rings. The molecule has 0 aromatic carbocycles. The Hall–Kier alpha value is -0.170. The highest BCUT2D eigenvalue weighted by molar-refractivity contribution is 7.91. The Morgan fingerprint density at radius 1 is 1.47 bits per heavy atom. The molecule has 5 nitrogen and oxygen atoms in total. The fourth-order valence-corrected chi connectivity index (χ4v) is 4.42. The average Bonchev–Trinajstić information content (AvgIpc) is 2.49. The van der Waals surface area contributed by atoms with Gasteiger partial charge in [0.1, 0.15) is 0 Å². The third kappa shape index (κ3) is 2.50. The van der Waals surface area contributed by atoms with E-state index in [1.54, 1.807) is 7.11 Å². The van der Waals surface area contributed by atoms with Crippen molar-refractivity contribution in [3.8, 4) is 0 Å². The monoisotopic (exact) mass is 234 g/mol. The first kappa shape index (κ1) is 11.3. The second-order valence-electron chi connectivity index (χ2n) is 4.23. The van der Waals surface area contributed by atoms with E-state index in [4.69, 9.17) is 4.74 Å². The van der Waals surface area contributed by atoms with E-state index in [0.717, 1.165) is 19.6 Å². The Morgan fingerprint density at radius 2 is 2.27 bits per heavy atom. The minimum Gasteiger partial charge on any atom is -0.383 e. The Morgan fingerprint density at radius 3 is 3.00 bits per heavy atom. The lowest BCUT2D eigenvalue weighted by Crippen LogP contribution is -2.57. The van der Waals surface area contributed by atoms with Gasteiger partial charge in [0, 0.05) is 38.8 Å². The van der Waals surface area contributed by atoms with Gasteiger partial charge in [-0.15, -0.1) is 0 Å². The summed E-state index contributed by atoms with van der Waals surface area (Å²) in [6.45, 7) is 3.29. The highest BCUT2D eigenvalue weighted by Crippen LogP contribution is 2.20. The van der Waals surface area contributed by atoms with Crippen LogP contribution >= 0.6 is 0 Å². The van der Waals surface area contributed by atoms with Crippen molar-refractivity contribution < 1.29 is 13.2 Å². The minimum atomic E-state index is -2.83. The summed E-state index contributed by atoms with van der Waals surface area (Å²) in [5, 5.41) is 3.28. The molecule has 0 amide bonds. The molecule has 0 aliphatic carbocycles. The molecular formula is C9H18N2O3S. The van der Waals surface area contributed by atoms with E-state index in [1.165, 1.54) is 0 Å². The first-order valence-corrected chi connectivity index (χ1v) is 7.11. The Balaban J connectivity index is 2.02. The van der Waals surface area contributed by atoms with Gasteiger partial charge in [-0.05, 0) is 0 Å².